The van der Waals surface area contributed by atoms with Crippen molar-refractivity contribution in [1.29, 1.82) is 0 Å². The van der Waals surface area contributed by atoms with Crippen molar-refractivity contribution in [3.8, 4) is 11.5 Å². The molecule has 0 spiro atoms. The lowest BCUT2D eigenvalue weighted by Crippen LogP contribution is -2.45. The van der Waals surface area contributed by atoms with E-state index in [0.717, 1.165) is 16.7 Å². The number of halogens is 1. The molecular weight excluding hydrogens is 484 g/mol. The van der Waals surface area contributed by atoms with Crippen LogP contribution in [0.4, 0.5) is 0 Å². The molecule has 0 aromatic heterocycles. The smallest absolute Gasteiger partial charge is 0.338 e. The third-order valence-corrected chi connectivity index (χ3v) is 6.08. The number of hydrogen-bond acceptors (Lipinski definition) is 5. The second-order valence-corrected chi connectivity index (χ2v) is 8.85. The van der Waals surface area contributed by atoms with Gasteiger partial charge in [0.05, 0.1) is 31.5 Å². The summed E-state index contributed by atoms with van der Waals surface area (Å²) >= 11 is 11.5. The molecule has 2 N–H and O–H groups in total. The second kappa shape index (κ2) is 10.8. The molecule has 0 saturated carbocycles. The summed E-state index contributed by atoms with van der Waals surface area (Å²) in [6.45, 7) is 2.45. The first-order valence-corrected chi connectivity index (χ1v) is 11.7. The number of hydrogen-bond donors (Lipinski definition) is 2. The Balaban J connectivity index is 1.70. The maximum Gasteiger partial charge on any atom is 0.338 e. The number of rotatable bonds is 7. The largest absolute Gasteiger partial charge is 0.493 e. The van der Waals surface area contributed by atoms with Gasteiger partial charge in [-0.2, -0.15) is 0 Å². The fourth-order valence-electron chi connectivity index (χ4n) is 3.93. The van der Waals surface area contributed by atoms with Crippen LogP contribution < -0.4 is 20.1 Å². The molecule has 0 fully saturated rings. The summed E-state index contributed by atoms with van der Waals surface area (Å²) in [6, 6.07) is 20.2. The van der Waals surface area contributed by atoms with Crippen LogP contribution in [-0.4, -0.2) is 25.3 Å². The van der Waals surface area contributed by atoms with Gasteiger partial charge in [-0.05, 0) is 60.1 Å². The van der Waals surface area contributed by atoms with E-state index in [1.54, 1.807) is 19.2 Å². The molecule has 35 heavy (non-hydrogen) atoms. The monoisotopic (exact) mass is 508 g/mol. The summed E-state index contributed by atoms with van der Waals surface area (Å²) in [7, 11) is 2.93. The molecule has 6 nitrogen and oxygen atoms in total. The third-order valence-electron chi connectivity index (χ3n) is 5.61. The van der Waals surface area contributed by atoms with Gasteiger partial charge in [-0.3, -0.25) is 0 Å². The predicted molar refractivity (Wildman–Crippen MR) is 141 cm³/mol. The van der Waals surface area contributed by atoms with E-state index in [1.807, 2.05) is 55.5 Å². The molecule has 0 amide bonds. The van der Waals surface area contributed by atoms with Crippen LogP contribution in [0, 0.1) is 6.92 Å². The highest BCUT2D eigenvalue weighted by molar-refractivity contribution is 7.80. The van der Waals surface area contributed by atoms with Crippen LogP contribution in [0.5, 0.6) is 11.5 Å². The first-order chi connectivity index (χ1) is 16.9. The number of carbonyl (C=O) groups excluding carboxylic acids is 1. The number of nitrogens with one attached hydrogen (secondary N) is 2. The van der Waals surface area contributed by atoms with E-state index in [-0.39, 0.29) is 0 Å². The maximum atomic E-state index is 12.9. The molecule has 0 aliphatic carbocycles. The topological polar surface area (TPSA) is 68.8 Å². The third kappa shape index (κ3) is 5.58. The Labute approximate surface area is 214 Å². The number of esters is 1. The standard InChI is InChI=1S/C27H25ClN2O4S/c1-16-5-4-6-17(13-16)15-34-21-12-9-19(14-22(21)32-2)25-23(26(31)33-3)24(29-27(35)30-25)18-7-10-20(28)11-8-18/h4-14,25H,15H2,1-3H3,(H2,29,30,35)/t25-/m0/s1. The van der Waals surface area contributed by atoms with Crippen molar-refractivity contribution in [1.82, 2.24) is 10.6 Å². The summed E-state index contributed by atoms with van der Waals surface area (Å²) in [4.78, 5) is 12.9. The Morgan fingerprint density at radius 3 is 2.49 bits per heavy atom. The van der Waals surface area contributed by atoms with Crippen LogP contribution in [0.1, 0.15) is 28.3 Å². The lowest BCUT2D eigenvalue weighted by molar-refractivity contribution is -0.136. The van der Waals surface area contributed by atoms with Gasteiger partial charge in [0.2, 0.25) is 0 Å². The molecule has 0 unspecified atom stereocenters. The normalized spacial score (nSPS) is 15.2. The van der Waals surface area contributed by atoms with E-state index < -0.39 is 12.0 Å². The van der Waals surface area contributed by atoms with Crippen molar-refractivity contribution in [3.63, 3.8) is 0 Å². The Hall–Kier alpha value is -3.55. The quantitative estimate of drug-likeness (QED) is 0.330. The SMILES string of the molecule is COC(=O)C1=C(c2ccc(Cl)cc2)NC(=S)N[C@H]1c1ccc(OCc2cccc(C)c2)c(OC)c1. The number of methoxy groups -OCH3 is 2. The Morgan fingerprint density at radius 2 is 1.80 bits per heavy atom. The average molecular weight is 509 g/mol. The number of thiocarbonyl (C=S) groups is 1. The number of benzene rings is 3. The van der Waals surface area contributed by atoms with Gasteiger partial charge in [-0.25, -0.2) is 4.79 Å². The Morgan fingerprint density at radius 1 is 1.03 bits per heavy atom. The van der Waals surface area contributed by atoms with Crippen molar-refractivity contribution in [2.75, 3.05) is 14.2 Å². The van der Waals surface area contributed by atoms with E-state index in [2.05, 4.69) is 16.7 Å². The van der Waals surface area contributed by atoms with Crippen LogP contribution in [-0.2, 0) is 16.1 Å². The summed E-state index contributed by atoms with van der Waals surface area (Å²) in [5, 5.41) is 7.26. The number of ether oxygens (including phenoxy) is 3. The van der Waals surface area contributed by atoms with Crippen LogP contribution >= 0.6 is 23.8 Å². The Kier molecular flexibility index (Phi) is 7.58. The van der Waals surface area contributed by atoms with Crippen molar-refractivity contribution < 1.29 is 19.0 Å². The maximum absolute atomic E-state index is 12.9. The summed E-state index contributed by atoms with van der Waals surface area (Å²) in [5.41, 5.74) is 4.69. The Bertz CT molecular complexity index is 1290. The molecule has 1 aliphatic rings. The molecule has 0 saturated heterocycles. The number of carbonyl (C=O) groups is 1. The van der Waals surface area contributed by atoms with Gasteiger partial charge in [0.25, 0.3) is 0 Å². The van der Waals surface area contributed by atoms with Crippen molar-refractivity contribution >= 4 is 40.6 Å². The number of aryl methyl sites for hydroxylation is 1. The molecule has 3 aromatic rings. The van der Waals surface area contributed by atoms with E-state index in [0.29, 0.717) is 39.5 Å². The molecule has 8 heteroatoms. The van der Waals surface area contributed by atoms with E-state index in [9.17, 15) is 4.79 Å². The van der Waals surface area contributed by atoms with Gasteiger partial charge >= 0.3 is 5.97 Å². The second-order valence-electron chi connectivity index (χ2n) is 8.01. The molecule has 4 rings (SSSR count). The molecule has 0 radical (unpaired) electrons. The molecule has 0 bridgehead atoms. The lowest BCUT2D eigenvalue weighted by atomic mass is 9.92. The van der Waals surface area contributed by atoms with Gasteiger partial charge in [0, 0.05) is 5.02 Å². The predicted octanol–water partition coefficient (Wildman–Crippen LogP) is 5.34. The van der Waals surface area contributed by atoms with Gasteiger partial charge in [0.15, 0.2) is 16.6 Å². The molecular formula is C27H25ClN2O4S. The fraction of sp³-hybridized carbons (Fsp3) is 0.185. The molecule has 1 atom stereocenters. The van der Waals surface area contributed by atoms with Crippen LogP contribution in [0.2, 0.25) is 5.02 Å². The van der Waals surface area contributed by atoms with E-state index in [1.165, 1.54) is 12.7 Å². The van der Waals surface area contributed by atoms with Crippen molar-refractivity contribution in [2.45, 2.75) is 19.6 Å². The van der Waals surface area contributed by atoms with Crippen molar-refractivity contribution in [3.05, 3.63) is 99.6 Å². The minimum atomic E-state index is -0.568. The van der Waals surface area contributed by atoms with Gasteiger partial charge in [-0.1, -0.05) is 59.6 Å². The fourth-order valence-corrected chi connectivity index (χ4v) is 4.28. The lowest BCUT2D eigenvalue weighted by Gasteiger charge is -2.31. The highest BCUT2D eigenvalue weighted by Crippen LogP contribution is 2.37. The van der Waals surface area contributed by atoms with E-state index >= 15 is 0 Å². The molecule has 180 valence electrons. The van der Waals surface area contributed by atoms with E-state index in [4.69, 9.17) is 38.0 Å². The van der Waals surface area contributed by atoms with Crippen LogP contribution in [0.25, 0.3) is 5.70 Å². The van der Waals surface area contributed by atoms with Crippen molar-refractivity contribution in [2.24, 2.45) is 0 Å². The minimum absolute atomic E-state index is 0.381. The average Bonchev–Trinajstić information content (AvgIpc) is 2.87. The molecule has 1 heterocycles. The van der Waals surface area contributed by atoms with Crippen LogP contribution in [0.3, 0.4) is 0 Å². The highest BCUT2D eigenvalue weighted by Gasteiger charge is 2.33. The van der Waals surface area contributed by atoms with Crippen LogP contribution in [0.15, 0.2) is 72.3 Å². The molecule has 1 aliphatic heterocycles. The zero-order chi connectivity index (χ0) is 24.9. The summed E-state index contributed by atoms with van der Waals surface area (Å²) in [6.07, 6.45) is 0. The summed E-state index contributed by atoms with van der Waals surface area (Å²) in [5.74, 6) is 0.649. The van der Waals surface area contributed by atoms with Gasteiger partial charge in [-0.15, -0.1) is 0 Å². The zero-order valence-electron chi connectivity index (χ0n) is 19.6. The zero-order valence-corrected chi connectivity index (χ0v) is 21.1. The summed E-state index contributed by atoms with van der Waals surface area (Å²) < 4.78 is 16.8. The first-order valence-electron chi connectivity index (χ1n) is 10.9. The van der Waals surface area contributed by atoms with Gasteiger partial charge in [0.1, 0.15) is 6.61 Å². The van der Waals surface area contributed by atoms with Gasteiger partial charge < -0.3 is 24.8 Å². The minimum Gasteiger partial charge on any atom is -0.493 e. The molecule has 3 aromatic carbocycles. The first kappa shape index (κ1) is 24.6. The highest BCUT2D eigenvalue weighted by atomic mass is 35.5.